The highest BCUT2D eigenvalue weighted by Crippen LogP contribution is 2.25. The summed E-state index contributed by atoms with van der Waals surface area (Å²) in [4.78, 5) is 14.5. The van der Waals surface area contributed by atoms with E-state index in [0.29, 0.717) is 6.42 Å². The van der Waals surface area contributed by atoms with Crippen LogP contribution in [0, 0.1) is 0 Å². The van der Waals surface area contributed by atoms with Crippen LogP contribution in [0.3, 0.4) is 0 Å². The SMILES string of the molecule is C[C@H](CC(=O)N1CCCCCC1)Nc1ccc(O[C@@H]2CCCC[C@H]2O)cc1. The van der Waals surface area contributed by atoms with Gasteiger partial charge in [-0.3, -0.25) is 4.79 Å². The molecular weight excluding hydrogens is 340 g/mol. The second kappa shape index (κ2) is 9.98. The van der Waals surface area contributed by atoms with Crippen LogP contribution in [0.2, 0.25) is 0 Å². The van der Waals surface area contributed by atoms with Crippen LogP contribution in [0.25, 0.3) is 0 Å². The van der Waals surface area contributed by atoms with Crippen molar-refractivity contribution in [2.75, 3.05) is 18.4 Å². The van der Waals surface area contributed by atoms with E-state index in [1.165, 1.54) is 12.8 Å². The van der Waals surface area contributed by atoms with Crippen LogP contribution in [-0.4, -0.2) is 47.3 Å². The molecule has 27 heavy (non-hydrogen) atoms. The highest BCUT2D eigenvalue weighted by Gasteiger charge is 2.24. The molecule has 3 rings (SSSR count). The Morgan fingerprint density at radius 2 is 1.78 bits per heavy atom. The van der Waals surface area contributed by atoms with Crippen molar-refractivity contribution in [3.63, 3.8) is 0 Å². The van der Waals surface area contributed by atoms with Crippen LogP contribution in [-0.2, 0) is 4.79 Å². The van der Waals surface area contributed by atoms with Gasteiger partial charge in [0.05, 0.1) is 6.10 Å². The largest absolute Gasteiger partial charge is 0.488 e. The first kappa shape index (κ1) is 20.0. The molecule has 150 valence electrons. The topological polar surface area (TPSA) is 61.8 Å². The molecule has 0 spiro atoms. The van der Waals surface area contributed by atoms with Crippen molar-refractivity contribution in [3.8, 4) is 5.75 Å². The molecule has 5 nitrogen and oxygen atoms in total. The van der Waals surface area contributed by atoms with E-state index in [4.69, 9.17) is 4.74 Å². The summed E-state index contributed by atoms with van der Waals surface area (Å²) in [7, 11) is 0. The van der Waals surface area contributed by atoms with Gasteiger partial charge in [-0.1, -0.05) is 19.3 Å². The van der Waals surface area contributed by atoms with Gasteiger partial charge in [-0.25, -0.2) is 0 Å². The molecule has 0 aromatic heterocycles. The molecule has 1 saturated heterocycles. The molecule has 1 aliphatic carbocycles. The molecule has 5 heteroatoms. The zero-order chi connectivity index (χ0) is 19.1. The third-order valence-electron chi connectivity index (χ3n) is 5.66. The number of nitrogens with one attached hydrogen (secondary N) is 1. The van der Waals surface area contributed by atoms with Gasteiger partial charge in [0.1, 0.15) is 11.9 Å². The summed E-state index contributed by atoms with van der Waals surface area (Å²) in [5.41, 5.74) is 0.989. The fourth-order valence-electron chi connectivity index (χ4n) is 4.07. The smallest absolute Gasteiger partial charge is 0.224 e. The lowest BCUT2D eigenvalue weighted by molar-refractivity contribution is -0.131. The number of likely N-dealkylation sites (tertiary alicyclic amines) is 1. The summed E-state index contributed by atoms with van der Waals surface area (Å²) in [6, 6.07) is 7.93. The van der Waals surface area contributed by atoms with Crippen LogP contribution in [0.1, 0.15) is 64.7 Å². The minimum absolute atomic E-state index is 0.0905. The average molecular weight is 375 g/mol. The summed E-state index contributed by atoms with van der Waals surface area (Å²) in [5, 5.41) is 13.5. The maximum Gasteiger partial charge on any atom is 0.224 e. The Bertz CT molecular complexity index is 582. The van der Waals surface area contributed by atoms with E-state index in [1.54, 1.807) is 0 Å². The predicted octanol–water partition coefficient (Wildman–Crippen LogP) is 3.96. The van der Waals surface area contributed by atoms with Crippen molar-refractivity contribution in [2.45, 2.75) is 83.0 Å². The highest BCUT2D eigenvalue weighted by atomic mass is 16.5. The molecular formula is C22H34N2O3. The van der Waals surface area contributed by atoms with Gasteiger partial charge in [0.25, 0.3) is 0 Å². The second-order valence-electron chi connectivity index (χ2n) is 8.08. The van der Waals surface area contributed by atoms with Gasteiger partial charge in [-0.05, 0) is 63.3 Å². The monoisotopic (exact) mass is 374 g/mol. The molecule has 1 aromatic rings. The van der Waals surface area contributed by atoms with Gasteiger partial charge in [0, 0.05) is 31.2 Å². The van der Waals surface area contributed by atoms with Crippen LogP contribution in [0.4, 0.5) is 5.69 Å². The number of ether oxygens (including phenoxy) is 1. The molecule has 2 N–H and O–H groups in total. The number of carbonyl (C=O) groups is 1. The minimum atomic E-state index is -0.360. The number of amides is 1. The van der Waals surface area contributed by atoms with Crippen LogP contribution in [0.15, 0.2) is 24.3 Å². The molecule has 0 bridgehead atoms. The van der Waals surface area contributed by atoms with Crippen molar-refractivity contribution < 1.29 is 14.6 Å². The van der Waals surface area contributed by atoms with Crippen LogP contribution < -0.4 is 10.1 Å². The summed E-state index contributed by atoms with van der Waals surface area (Å²) >= 11 is 0. The summed E-state index contributed by atoms with van der Waals surface area (Å²) in [6.07, 6.45) is 8.74. The molecule has 0 radical (unpaired) electrons. The Morgan fingerprint density at radius 3 is 2.44 bits per heavy atom. The van der Waals surface area contributed by atoms with E-state index in [0.717, 1.165) is 63.1 Å². The molecule has 0 unspecified atom stereocenters. The minimum Gasteiger partial charge on any atom is -0.488 e. The van der Waals surface area contributed by atoms with Gasteiger partial charge in [-0.15, -0.1) is 0 Å². The number of hydrogen-bond acceptors (Lipinski definition) is 4. The number of hydrogen-bond donors (Lipinski definition) is 2. The van der Waals surface area contributed by atoms with Crippen molar-refractivity contribution in [1.29, 1.82) is 0 Å². The number of aliphatic hydroxyl groups excluding tert-OH is 1. The number of aliphatic hydroxyl groups is 1. The Balaban J connectivity index is 1.46. The Kier molecular flexibility index (Phi) is 7.39. The fraction of sp³-hybridized carbons (Fsp3) is 0.682. The van der Waals surface area contributed by atoms with Crippen molar-refractivity contribution in [2.24, 2.45) is 0 Å². The number of benzene rings is 1. The first-order chi connectivity index (χ1) is 13.1. The number of carbonyl (C=O) groups excluding carboxylic acids is 1. The lowest BCUT2D eigenvalue weighted by Gasteiger charge is -2.28. The molecule has 2 aliphatic rings. The van der Waals surface area contributed by atoms with Crippen molar-refractivity contribution >= 4 is 11.6 Å². The first-order valence-electron chi connectivity index (χ1n) is 10.6. The zero-order valence-corrected chi connectivity index (χ0v) is 16.5. The summed E-state index contributed by atoms with van der Waals surface area (Å²) in [5.74, 6) is 1.04. The quantitative estimate of drug-likeness (QED) is 0.791. The summed E-state index contributed by atoms with van der Waals surface area (Å²) in [6.45, 7) is 3.87. The molecule has 1 aliphatic heterocycles. The summed E-state index contributed by atoms with van der Waals surface area (Å²) < 4.78 is 5.94. The lowest BCUT2D eigenvalue weighted by atomic mass is 9.95. The average Bonchev–Trinajstić information content (AvgIpc) is 2.95. The standard InChI is InChI=1S/C22H34N2O3/c1-17(16-22(26)24-14-6-2-3-7-15-24)23-18-10-12-19(13-11-18)27-21-9-5-4-8-20(21)25/h10-13,17,20-21,23,25H,2-9,14-16H2,1H3/t17-,20-,21-/m1/s1. The van der Waals surface area contributed by atoms with Gasteiger partial charge in [0.15, 0.2) is 0 Å². The Hall–Kier alpha value is -1.75. The molecule has 3 atom stereocenters. The highest BCUT2D eigenvalue weighted by molar-refractivity contribution is 5.77. The normalized spacial score (nSPS) is 24.7. The van der Waals surface area contributed by atoms with Crippen LogP contribution >= 0.6 is 0 Å². The Labute approximate surface area is 163 Å². The van der Waals surface area contributed by atoms with E-state index < -0.39 is 0 Å². The van der Waals surface area contributed by atoms with Crippen molar-refractivity contribution in [1.82, 2.24) is 4.90 Å². The third kappa shape index (κ3) is 6.13. The van der Waals surface area contributed by atoms with E-state index >= 15 is 0 Å². The molecule has 1 amide bonds. The number of rotatable bonds is 6. The third-order valence-corrected chi connectivity index (χ3v) is 5.66. The molecule has 1 aromatic carbocycles. The Morgan fingerprint density at radius 1 is 1.11 bits per heavy atom. The van der Waals surface area contributed by atoms with Gasteiger partial charge in [0.2, 0.25) is 5.91 Å². The van der Waals surface area contributed by atoms with E-state index in [-0.39, 0.29) is 24.2 Å². The van der Waals surface area contributed by atoms with E-state index in [9.17, 15) is 9.90 Å². The van der Waals surface area contributed by atoms with Crippen LogP contribution in [0.5, 0.6) is 5.75 Å². The van der Waals surface area contributed by atoms with Gasteiger partial charge >= 0.3 is 0 Å². The van der Waals surface area contributed by atoms with Gasteiger partial charge < -0.3 is 20.1 Å². The number of nitrogens with zero attached hydrogens (tertiary/aromatic N) is 1. The van der Waals surface area contributed by atoms with Gasteiger partial charge in [-0.2, -0.15) is 0 Å². The number of anilines is 1. The van der Waals surface area contributed by atoms with E-state index in [2.05, 4.69) is 12.2 Å². The maximum atomic E-state index is 12.5. The predicted molar refractivity (Wildman–Crippen MR) is 108 cm³/mol. The lowest BCUT2D eigenvalue weighted by Crippen LogP contribution is -2.35. The molecule has 1 saturated carbocycles. The maximum absolute atomic E-state index is 12.5. The zero-order valence-electron chi connectivity index (χ0n) is 16.5. The first-order valence-corrected chi connectivity index (χ1v) is 10.6. The van der Waals surface area contributed by atoms with Crippen molar-refractivity contribution in [3.05, 3.63) is 24.3 Å². The second-order valence-corrected chi connectivity index (χ2v) is 8.08. The molecule has 1 heterocycles. The van der Waals surface area contributed by atoms with E-state index in [1.807, 2.05) is 29.2 Å². The molecule has 2 fully saturated rings. The fourth-order valence-corrected chi connectivity index (χ4v) is 4.07.